The molecule has 2 fully saturated rings. The fourth-order valence-corrected chi connectivity index (χ4v) is 3.95. The number of hydrogen-bond donors (Lipinski definition) is 1. The van der Waals surface area contributed by atoms with Gasteiger partial charge in [0.15, 0.2) is 0 Å². The SMILES string of the molecule is N#Cc1cccc(CN[C@H]2CO[C@H]3[C@@H]2OC[C@@H]3n2cc(-c3ccccn3)nn2)c1. The molecule has 4 atom stereocenters. The lowest BCUT2D eigenvalue weighted by atomic mass is 10.1. The third-order valence-electron chi connectivity index (χ3n) is 5.43. The van der Waals surface area contributed by atoms with E-state index in [0.717, 1.165) is 17.0 Å². The number of aromatic nitrogens is 4. The average Bonchev–Trinajstić information content (AvgIpc) is 3.50. The zero-order valence-electron chi connectivity index (χ0n) is 15.7. The minimum atomic E-state index is -0.0729. The number of pyridine rings is 1. The molecule has 1 N–H and O–H groups in total. The van der Waals surface area contributed by atoms with Gasteiger partial charge in [0.2, 0.25) is 0 Å². The Hall–Kier alpha value is -3.12. The second kappa shape index (κ2) is 7.72. The number of nitrogens with zero attached hydrogens (tertiary/aromatic N) is 5. The summed E-state index contributed by atoms with van der Waals surface area (Å²) in [5, 5.41) is 21.1. The van der Waals surface area contributed by atoms with Crippen molar-refractivity contribution in [2.24, 2.45) is 0 Å². The average molecular weight is 388 g/mol. The first-order chi connectivity index (χ1) is 14.3. The molecule has 0 radical (unpaired) electrons. The first-order valence-corrected chi connectivity index (χ1v) is 9.61. The van der Waals surface area contributed by atoms with Crippen LogP contribution in [0.1, 0.15) is 17.2 Å². The Labute approximate surface area is 168 Å². The van der Waals surface area contributed by atoms with Gasteiger partial charge in [0.05, 0.1) is 42.8 Å². The molecule has 2 aliphatic rings. The van der Waals surface area contributed by atoms with Gasteiger partial charge in [0.1, 0.15) is 23.9 Å². The maximum Gasteiger partial charge on any atom is 0.131 e. The molecule has 8 nitrogen and oxygen atoms in total. The first-order valence-electron chi connectivity index (χ1n) is 9.61. The molecule has 2 saturated heterocycles. The summed E-state index contributed by atoms with van der Waals surface area (Å²) in [5.74, 6) is 0. The van der Waals surface area contributed by atoms with Crippen molar-refractivity contribution in [3.63, 3.8) is 0 Å². The Morgan fingerprint density at radius 3 is 2.90 bits per heavy atom. The van der Waals surface area contributed by atoms with Crippen molar-refractivity contribution in [1.82, 2.24) is 25.3 Å². The molecule has 2 aliphatic heterocycles. The number of ether oxygens (including phenoxy) is 2. The van der Waals surface area contributed by atoms with Gasteiger partial charge in [-0.25, -0.2) is 4.68 Å². The normalized spacial score (nSPS) is 25.6. The van der Waals surface area contributed by atoms with Crippen LogP contribution in [0.3, 0.4) is 0 Å². The van der Waals surface area contributed by atoms with Crippen LogP contribution in [-0.4, -0.2) is 51.4 Å². The van der Waals surface area contributed by atoms with Gasteiger partial charge in [0, 0.05) is 12.7 Å². The fraction of sp³-hybridized carbons (Fsp3) is 0.333. The maximum absolute atomic E-state index is 9.05. The molecule has 0 unspecified atom stereocenters. The molecule has 5 rings (SSSR count). The van der Waals surface area contributed by atoms with E-state index in [1.54, 1.807) is 12.3 Å². The summed E-state index contributed by atoms with van der Waals surface area (Å²) in [6, 6.07) is 15.6. The van der Waals surface area contributed by atoms with Crippen LogP contribution in [0.2, 0.25) is 0 Å². The molecule has 146 valence electrons. The lowest BCUT2D eigenvalue weighted by molar-refractivity contribution is 0.0620. The van der Waals surface area contributed by atoms with Crippen molar-refractivity contribution >= 4 is 0 Å². The Bertz CT molecular complexity index is 1030. The van der Waals surface area contributed by atoms with E-state index in [1.165, 1.54) is 0 Å². The van der Waals surface area contributed by atoms with Gasteiger partial charge in [-0.2, -0.15) is 5.26 Å². The van der Waals surface area contributed by atoms with E-state index < -0.39 is 0 Å². The van der Waals surface area contributed by atoms with Crippen LogP contribution >= 0.6 is 0 Å². The molecule has 0 bridgehead atoms. The van der Waals surface area contributed by atoms with Gasteiger partial charge in [-0.15, -0.1) is 5.10 Å². The van der Waals surface area contributed by atoms with Crippen molar-refractivity contribution < 1.29 is 9.47 Å². The predicted octanol–water partition coefficient (Wildman–Crippen LogP) is 1.71. The van der Waals surface area contributed by atoms with Gasteiger partial charge in [-0.05, 0) is 29.8 Å². The number of fused-ring (bicyclic) bond motifs is 1. The Morgan fingerprint density at radius 2 is 2.03 bits per heavy atom. The van der Waals surface area contributed by atoms with Crippen LogP contribution in [0.25, 0.3) is 11.4 Å². The summed E-state index contributed by atoms with van der Waals surface area (Å²) in [6.45, 7) is 1.77. The smallest absolute Gasteiger partial charge is 0.131 e. The van der Waals surface area contributed by atoms with Crippen molar-refractivity contribution in [3.8, 4) is 17.5 Å². The summed E-state index contributed by atoms with van der Waals surface area (Å²) in [4.78, 5) is 4.32. The van der Waals surface area contributed by atoms with Crippen LogP contribution < -0.4 is 5.32 Å². The minimum Gasteiger partial charge on any atom is -0.371 e. The van der Waals surface area contributed by atoms with E-state index in [-0.39, 0.29) is 24.3 Å². The van der Waals surface area contributed by atoms with Gasteiger partial charge in [-0.1, -0.05) is 23.4 Å². The fourth-order valence-electron chi connectivity index (χ4n) is 3.95. The lowest BCUT2D eigenvalue weighted by Crippen LogP contribution is -2.40. The van der Waals surface area contributed by atoms with Gasteiger partial charge >= 0.3 is 0 Å². The van der Waals surface area contributed by atoms with Crippen LogP contribution in [0.5, 0.6) is 0 Å². The summed E-state index contributed by atoms with van der Waals surface area (Å²) < 4.78 is 13.9. The van der Waals surface area contributed by atoms with E-state index in [2.05, 4.69) is 26.7 Å². The molecular weight excluding hydrogens is 368 g/mol. The third kappa shape index (κ3) is 3.51. The monoisotopic (exact) mass is 388 g/mol. The molecule has 0 saturated carbocycles. The van der Waals surface area contributed by atoms with Crippen molar-refractivity contribution in [3.05, 3.63) is 66.0 Å². The highest BCUT2D eigenvalue weighted by molar-refractivity contribution is 5.51. The van der Waals surface area contributed by atoms with Crippen LogP contribution in [-0.2, 0) is 16.0 Å². The van der Waals surface area contributed by atoms with E-state index in [0.29, 0.717) is 25.3 Å². The van der Waals surface area contributed by atoms with E-state index >= 15 is 0 Å². The zero-order chi connectivity index (χ0) is 19.6. The maximum atomic E-state index is 9.05. The molecule has 0 amide bonds. The standard InChI is InChI=1S/C21H20N6O2/c22-9-14-4-3-5-15(8-14)10-24-18-12-28-21-19(13-29-20(18)21)27-11-17(25-26-27)16-6-1-2-7-23-16/h1-8,11,18-21,24H,10,12-13H2/t18-,19-,20+,21+/m0/s1. The van der Waals surface area contributed by atoms with Crippen LogP contribution in [0.15, 0.2) is 54.9 Å². The molecule has 3 aromatic rings. The second-order valence-electron chi connectivity index (χ2n) is 7.26. The van der Waals surface area contributed by atoms with Gasteiger partial charge in [0.25, 0.3) is 0 Å². The Morgan fingerprint density at radius 1 is 1.10 bits per heavy atom. The quantitative estimate of drug-likeness (QED) is 0.710. The Kier molecular flexibility index (Phi) is 4.77. The Balaban J connectivity index is 1.25. The highest BCUT2D eigenvalue weighted by Crippen LogP contribution is 2.34. The molecular formula is C21H20N6O2. The zero-order valence-corrected chi connectivity index (χ0v) is 15.7. The molecule has 0 aliphatic carbocycles. The van der Waals surface area contributed by atoms with E-state index in [1.807, 2.05) is 47.3 Å². The van der Waals surface area contributed by atoms with Crippen molar-refractivity contribution in [2.75, 3.05) is 13.2 Å². The second-order valence-corrected chi connectivity index (χ2v) is 7.26. The molecule has 2 aromatic heterocycles. The number of benzene rings is 1. The highest BCUT2D eigenvalue weighted by atomic mass is 16.6. The van der Waals surface area contributed by atoms with E-state index in [4.69, 9.17) is 14.7 Å². The molecule has 8 heteroatoms. The van der Waals surface area contributed by atoms with Gasteiger partial charge in [-0.3, -0.25) is 4.98 Å². The summed E-state index contributed by atoms with van der Waals surface area (Å²) in [5.41, 5.74) is 3.26. The molecule has 0 spiro atoms. The number of nitriles is 1. The molecule has 1 aromatic carbocycles. The summed E-state index contributed by atoms with van der Waals surface area (Å²) in [6.07, 6.45) is 3.53. The summed E-state index contributed by atoms with van der Waals surface area (Å²) in [7, 11) is 0. The third-order valence-corrected chi connectivity index (χ3v) is 5.43. The summed E-state index contributed by atoms with van der Waals surface area (Å²) >= 11 is 0. The van der Waals surface area contributed by atoms with Crippen molar-refractivity contribution in [1.29, 1.82) is 5.26 Å². The van der Waals surface area contributed by atoms with Gasteiger partial charge < -0.3 is 14.8 Å². The molecule has 4 heterocycles. The van der Waals surface area contributed by atoms with Crippen LogP contribution in [0, 0.1) is 11.3 Å². The largest absolute Gasteiger partial charge is 0.371 e. The van der Waals surface area contributed by atoms with E-state index in [9.17, 15) is 0 Å². The topological polar surface area (TPSA) is 97.9 Å². The lowest BCUT2D eigenvalue weighted by Gasteiger charge is -2.18. The van der Waals surface area contributed by atoms with Crippen molar-refractivity contribution in [2.45, 2.75) is 30.8 Å². The first kappa shape index (κ1) is 17.9. The molecule has 29 heavy (non-hydrogen) atoms. The number of hydrogen-bond acceptors (Lipinski definition) is 7. The predicted molar refractivity (Wildman–Crippen MR) is 104 cm³/mol. The number of rotatable bonds is 5. The highest BCUT2D eigenvalue weighted by Gasteiger charge is 2.48. The van der Waals surface area contributed by atoms with Crippen LogP contribution in [0.4, 0.5) is 0 Å². The number of nitrogens with one attached hydrogen (secondary N) is 1. The minimum absolute atomic E-state index is 0.0151.